The van der Waals surface area contributed by atoms with E-state index in [9.17, 15) is 19.2 Å². The number of pyridine rings is 2. The summed E-state index contributed by atoms with van der Waals surface area (Å²) >= 11 is 5.37. The topological polar surface area (TPSA) is 203 Å². The van der Waals surface area contributed by atoms with Gasteiger partial charge in [0, 0.05) is 17.4 Å². The summed E-state index contributed by atoms with van der Waals surface area (Å²) in [5, 5.41) is 24.6. The van der Waals surface area contributed by atoms with Crippen LogP contribution in [0.5, 0.6) is 0 Å². The Morgan fingerprint density at radius 3 is 1.73 bits per heavy atom. The highest BCUT2D eigenvalue weighted by atomic mass is 35.5. The van der Waals surface area contributed by atoms with Gasteiger partial charge in [-0.1, -0.05) is 0 Å². The smallest absolute Gasteiger partial charge is 0.254 e. The molecule has 15 heteroatoms. The highest BCUT2D eigenvalue weighted by Crippen LogP contribution is 2.33. The van der Waals surface area contributed by atoms with E-state index in [1.54, 1.807) is 38.1 Å². The average Bonchev–Trinajstić information content (AvgIpc) is 3.94. The summed E-state index contributed by atoms with van der Waals surface area (Å²) in [5.41, 5.74) is 1.73. The normalized spacial score (nSPS) is 13.9. The van der Waals surface area contributed by atoms with Crippen molar-refractivity contribution in [3.63, 3.8) is 0 Å². The summed E-state index contributed by atoms with van der Waals surface area (Å²) in [4.78, 5) is 62.1. The summed E-state index contributed by atoms with van der Waals surface area (Å²) in [6.07, 6.45) is 9.51. The van der Waals surface area contributed by atoms with Crippen LogP contribution in [0.25, 0.3) is 11.6 Å². The standard InChI is InChI=1S/C15H13N5O2.C9H7ClN4O.C6H7NO/c1-9-11(4-5-13(19-9)20-8-17-7-18-20)15(22)12(6-16)14(21)10-2-3-10;1-6-7(9(10)15)2-3-8(13-6)14-5-11-4-12-14;7-4-3-6(8)5-1-2-5/h4-5,7-8,10,12H,2-3H2,1H3;2-5H,1H3;5H,1-3H2. The summed E-state index contributed by atoms with van der Waals surface area (Å²) in [6.45, 7) is 3.39. The Labute approximate surface area is 262 Å². The molecule has 2 aliphatic rings. The van der Waals surface area contributed by atoms with Crippen molar-refractivity contribution in [2.24, 2.45) is 17.8 Å². The minimum Gasteiger partial charge on any atom is -0.298 e. The van der Waals surface area contributed by atoms with Gasteiger partial charge in [-0.15, -0.1) is 0 Å². The lowest BCUT2D eigenvalue weighted by molar-refractivity contribution is -0.121. The van der Waals surface area contributed by atoms with Crippen LogP contribution in [0, 0.1) is 54.3 Å². The van der Waals surface area contributed by atoms with Crippen LogP contribution < -0.4 is 0 Å². The quantitative estimate of drug-likeness (QED) is 0.149. The average molecular weight is 627 g/mol. The molecular formula is C30H27ClN10O4. The lowest BCUT2D eigenvalue weighted by Gasteiger charge is -2.10. The van der Waals surface area contributed by atoms with Gasteiger partial charge >= 0.3 is 0 Å². The number of Topliss-reactive ketones (excluding diaryl/α,β-unsaturated/α-hetero) is 3. The Bertz CT molecular complexity index is 1780. The molecular weight excluding hydrogens is 600 g/mol. The van der Waals surface area contributed by atoms with Crippen molar-refractivity contribution in [2.45, 2.75) is 46.0 Å². The second kappa shape index (κ2) is 14.8. The van der Waals surface area contributed by atoms with Gasteiger partial charge in [0.15, 0.2) is 29.1 Å². The van der Waals surface area contributed by atoms with Gasteiger partial charge in [0.25, 0.3) is 5.24 Å². The maximum atomic E-state index is 12.5. The summed E-state index contributed by atoms with van der Waals surface area (Å²) in [6, 6.07) is 10.2. The highest BCUT2D eigenvalue weighted by Gasteiger charge is 2.39. The third kappa shape index (κ3) is 8.55. The van der Waals surface area contributed by atoms with E-state index < -0.39 is 16.9 Å². The van der Waals surface area contributed by atoms with E-state index in [4.69, 9.17) is 22.1 Å². The number of carbonyl (C=O) groups is 4. The van der Waals surface area contributed by atoms with Gasteiger partial charge in [-0.2, -0.15) is 20.7 Å². The zero-order valence-corrected chi connectivity index (χ0v) is 25.1. The molecule has 0 saturated heterocycles. The zero-order chi connectivity index (χ0) is 32.5. The molecule has 1 atom stereocenters. The van der Waals surface area contributed by atoms with E-state index in [0.717, 1.165) is 25.7 Å². The molecule has 4 aromatic rings. The minimum absolute atomic E-state index is 0.116. The fourth-order valence-corrected chi connectivity index (χ4v) is 4.31. The molecule has 0 N–H and O–H groups in total. The van der Waals surface area contributed by atoms with Gasteiger partial charge in [0.05, 0.1) is 35.5 Å². The van der Waals surface area contributed by atoms with Gasteiger partial charge in [-0.25, -0.2) is 29.3 Å². The maximum absolute atomic E-state index is 12.5. The number of aromatic nitrogens is 8. The predicted molar refractivity (Wildman–Crippen MR) is 157 cm³/mol. The van der Waals surface area contributed by atoms with Gasteiger partial charge in [0.1, 0.15) is 31.1 Å². The molecule has 0 bridgehead atoms. The molecule has 4 heterocycles. The lowest BCUT2D eigenvalue weighted by atomic mass is 9.92. The van der Waals surface area contributed by atoms with Crippen molar-refractivity contribution in [3.8, 4) is 23.8 Å². The highest BCUT2D eigenvalue weighted by molar-refractivity contribution is 6.67. The maximum Gasteiger partial charge on any atom is 0.254 e. The molecule has 4 aromatic heterocycles. The van der Waals surface area contributed by atoms with Crippen LogP contribution >= 0.6 is 11.6 Å². The molecule has 45 heavy (non-hydrogen) atoms. The molecule has 2 fully saturated rings. The SMILES string of the molecule is Cc1nc(-n2cncn2)ccc1C(=O)C(C#N)C(=O)C1CC1.Cc1nc(-n2cncn2)ccc1C(=O)Cl.N#CCC(=O)C1CC1. The second-order valence-corrected chi connectivity index (χ2v) is 10.6. The Morgan fingerprint density at radius 1 is 0.844 bits per heavy atom. The first-order valence-corrected chi connectivity index (χ1v) is 14.2. The third-order valence-electron chi connectivity index (χ3n) is 6.87. The van der Waals surface area contributed by atoms with E-state index in [2.05, 4.69) is 30.1 Å². The Balaban J connectivity index is 0.000000172. The first kappa shape index (κ1) is 32.4. The van der Waals surface area contributed by atoms with Crippen molar-refractivity contribution in [3.05, 3.63) is 72.1 Å². The van der Waals surface area contributed by atoms with E-state index in [0.29, 0.717) is 34.2 Å². The summed E-state index contributed by atoms with van der Waals surface area (Å²) in [5.74, 6) is -0.592. The van der Waals surface area contributed by atoms with E-state index in [1.807, 2.05) is 12.1 Å². The van der Waals surface area contributed by atoms with Crippen molar-refractivity contribution in [1.29, 1.82) is 10.5 Å². The largest absolute Gasteiger partial charge is 0.298 e. The molecule has 14 nitrogen and oxygen atoms in total. The molecule has 2 aliphatic carbocycles. The number of carbonyl (C=O) groups excluding carboxylic acids is 4. The first-order valence-electron chi connectivity index (χ1n) is 13.9. The Hall–Kier alpha value is -5.47. The van der Waals surface area contributed by atoms with E-state index in [1.165, 1.54) is 34.7 Å². The molecule has 6 rings (SSSR count). The van der Waals surface area contributed by atoms with Crippen molar-refractivity contribution in [2.75, 3.05) is 0 Å². The molecule has 0 amide bonds. The van der Waals surface area contributed by atoms with Crippen molar-refractivity contribution >= 4 is 34.2 Å². The zero-order valence-electron chi connectivity index (χ0n) is 24.4. The number of hydrogen-bond donors (Lipinski definition) is 0. The number of hydrogen-bond acceptors (Lipinski definition) is 12. The van der Waals surface area contributed by atoms with Crippen molar-refractivity contribution in [1.82, 2.24) is 39.5 Å². The molecule has 0 aromatic carbocycles. The van der Waals surface area contributed by atoms with Crippen LogP contribution in [0.15, 0.2) is 49.6 Å². The number of rotatable bonds is 9. The van der Waals surface area contributed by atoms with Crippen LogP contribution in [0.4, 0.5) is 0 Å². The second-order valence-electron chi connectivity index (χ2n) is 10.2. The number of halogens is 1. The fourth-order valence-electron chi connectivity index (χ4n) is 4.11. The van der Waals surface area contributed by atoms with Crippen LogP contribution in [0.1, 0.15) is 64.2 Å². The Kier molecular flexibility index (Phi) is 10.7. The van der Waals surface area contributed by atoms with Gasteiger partial charge in [0.2, 0.25) is 0 Å². The van der Waals surface area contributed by atoms with Gasteiger partial charge < -0.3 is 0 Å². The van der Waals surface area contributed by atoms with Gasteiger partial charge in [-0.3, -0.25) is 19.2 Å². The molecule has 0 aliphatic heterocycles. The van der Waals surface area contributed by atoms with Crippen LogP contribution in [-0.2, 0) is 9.59 Å². The van der Waals surface area contributed by atoms with Gasteiger partial charge in [-0.05, 0) is 75.4 Å². The molecule has 1 unspecified atom stereocenters. The van der Waals surface area contributed by atoms with Crippen LogP contribution in [0.2, 0.25) is 0 Å². The number of nitrogens with zero attached hydrogens (tertiary/aromatic N) is 10. The fraction of sp³-hybridized carbons (Fsp3) is 0.333. The van der Waals surface area contributed by atoms with Crippen LogP contribution in [0.3, 0.4) is 0 Å². The monoisotopic (exact) mass is 626 g/mol. The molecule has 0 radical (unpaired) electrons. The number of aryl methyl sites for hydroxylation is 2. The van der Waals surface area contributed by atoms with Crippen molar-refractivity contribution < 1.29 is 19.2 Å². The summed E-state index contributed by atoms with van der Waals surface area (Å²) in [7, 11) is 0. The lowest BCUT2D eigenvalue weighted by Crippen LogP contribution is -2.25. The van der Waals surface area contributed by atoms with E-state index in [-0.39, 0.29) is 29.8 Å². The first-order chi connectivity index (χ1) is 21.6. The van der Waals surface area contributed by atoms with Crippen LogP contribution in [-0.4, -0.2) is 62.1 Å². The molecule has 228 valence electrons. The third-order valence-corrected chi connectivity index (χ3v) is 7.07. The number of nitriles is 2. The molecule has 2 saturated carbocycles. The minimum atomic E-state index is -1.23. The summed E-state index contributed by atoms with van der Waals surface area (Å²) < 4.78 is 2.98. The Morgan fingerprint density at radius 2 is 1.36 bits per heavy atom. The van der Waals surface area contributed by atoms with E-state index >= 15 is 0 Å². The predicted octanol–water partition coefficient (Wildman–Crippen LogP) is 3.50. The molecule has 0 spiro atoms. The number of ketones is 3.